The van der Waals surface area contributed by atoms with Crippen molar-refractivity contribution in [1.29, 1.82) is 0 Å². The van der Waals surface area contributed by atoms with Crippen LogP contribution in [0.5, 0.6) is 17.2 Å². The molecule has 3 aliphatic rings. The minimum Gasteiger partial charge on any atom is -0.507 e. The third-order valence-corrected chi connectivity index (χ3v) is 11.2. The fourth-order valence-electron chi connectivity index (χ4n) is 7.48. The van der Waals surface area contributed by atoms with Gasteiger partial charge in [0.25, 0.3) is 5.91 Å². The third-order valence-electron chi connectivity index (χ3n) is 10.5. The average molecular weight is 838 g/mol. The van der Waals surface area contributed by atoms with Gasteiger partial charge in [-0.05, 0) is 45.6 Å². The molecule has 1 saturated heterocycles. The highest BCUT2D eigenvalue weighted by atomic mass is 32.2. The zero-order chi connectivity index (χ0) is 43.0. The summed E-state index contributed by atoms with van der Waals surface area (Å²) in [4.78, 5) is 58.1. The number of phenols is 2. The number of oxime groups is 1. The van der Waals surface area contributed by atoms with E-state index < -0.39 is 76.3 Å². The first kappa shape index (κ1) is 45.1. The van der Waals surface area contributed by atoms with Crippen LogP contribution >= 0.6 is 11.8 Å². The van der Waals surface area contributed by atoms with Gasteiger partial charge >= 0.3 is 0 Å². The predicted octanol–water partition coefficient (Wildman–Crippen LogP) is 2.72. The van der Waals surface area contributed by atoms with Gasteiger partial charge in [-0.1, -0.05) is 30.1 Å². The lowest BCUT2D eigenvalue weighted by atomic mass is 9.71. The maximum Gasteiger partial charge on any atom is 0.269 e. The highest BCUT2D eigenvalue weighted by Crippen LogP contribution is 2.52. The zero-order valence-electron chi connectivity index (χ0n) is 33.4. The van der Waals surface area contributed by atoms with E-state index in [9.17, 15) is 39.6 Å². The molecule has 0 aromatic heterocycles. The molecule has 3 unspecified atom stereocenters. The summed E-state index contributed by atoms with van der Waals surface area (Å²) in [6.45, 7) is 5.09. The van der Waals surface area contributed by atoms with Crippen molar-refractivity contribution in [2.24, 2.45) is 16.0 Å². The van der Waals surface area contributed by atoms with E-state index in [1.807, 2.05) is 0 Å². The van der Waals surface area contributed by atoms with Gasteiger partial charge in [0, 0.05) is 48.4 Å². The van der Waals surface area contributed by atoms with Gasteiger partial charge < -0.3 is 50.5 Å². The number of ketones is 2. The topological polar surface area (TPSA) is 261 Å². The van der Waals surface area contributed by atoms with E-state index in [1.54, 1.807) is 13.8 Å². The molecule has 6 atom stereocenters. The molecule has 0 spiro atoms. The number of hydrazone groups is 1. The Kier molecular flexibility index (Phi) is 15.1. The van der Waals surface area contributed by atoms with Crippen LogP contribution in [0.15, 0.2) is 28.5 Å². The largest absolute Gasteiger partial charge is 0.507 e. The monoisotopic (exact) mass is 837 g/mol. The lowest BCUT2D eigenvalue weighted by molar-refractivity contribution is -0.245. The van der Waals surface area contributed by atoms with Crippen molar-refractivity contribution in [3.63, 3.8) is 0 Å². The number of carbonyl (C=O) groups excluding carboxylic acids is 4. The number of phenolic OH excluding ortho intramolecular Hbond substituents is 2. The molecule has 2 aromatic carbocycles. The summed E-state index contributed by atoms with van der Waals surface area (Å²) in [7, 11) is 1.34. The summed E-state index contributed by atoms with van der Waals surface area (Å²) in [5.74, 6) is -0.118. The first-order valence-corrected chi connectivity index (χ1v) is 20.5. The normalized spacial score (nSPS) is 24.0. The molecular weight excluding hydrogens is 787 g/mol. The number of hydrogen-bond acceptors (Lipinski definition) is 16. The van der Waals surface area contributed by atoms with Crippen LogP contribution in [0.3, 0.4) is 0 Å². The number of aliphatic hydroxyl groups is 2. The Morgan fingerprint density at radius 2 is 1.88 bits per heavy atom. The van der Waals surface area contributed by atoms with Crippen molar-refractivity contribution in [3.05, 3.63) is 51.6 Å². The van der Waals surface area contributed by atoms with Gasteiger partial charge in [-0.2, -0.15) is 5.10 Å². The maximum atomic E-state index is 14.0. The number of unbranched alkanes of at least 4 members (excludes halogenated alkanes) is 2. The SMILES string of the molecule is C#CCSCNC(=O)/C(C)=N/OCCCCCC(=O)N/N=C(\CC)[C@]1(O)Cc2c(O)c3c(c(O)c2[C@@H](OC2CC(N)C(O)[C@H](C)O2)C1)C(=O)c1c(OC)cccc1C3=O. The highest BCUT2D eigenvalue weighted by Gasteiger charge is 2.49. The molecule has 18 heteroatoms. The van der Waals surface area contributed by atoms with Gasteiger partial charge in [0.05, 0.1) is 59.5 Å². The molecule has 17 nitrogen and oxygen atoms in total. The summed E-state index contributed by atoms with van der Waals surface area (Å²) >= 11 is 1.38. The number of rotatable bonds is 17. The van der Waals surface area contributed by atoms with E-state index in [0.717, 1.165) is 0 Å². The molecule has 2 aliphatic carbocycles. The number of nitrogens with two attached hydrogens (primary N) is 1. The second-order valence-electron chi connectivity index (χ2n) is 14.5. The van der Waals surface area contributed by atoms with Crippen LogP contribution in [0.25, 0.3) is 0 Å². The molecule has 8 N–H and O–H groups in total. The molecule has 0 bridgehead atoms. The number of aliphatic hydroxyl groups excluding tert-OH is 1. The smallest absolute Gasteiger partial charge is 0.269 e. The van der Waals surface area contributed by atoms with E-state index in [-0.39, 0.29) is 84.0 Å². The molecule has 2 aromatic rings. The second-order valence-corrected chi connectivity index (χ2v) is 15.5. The number of amides is 2. The standard InChI is InChI=1S/C41H51N5O12S/c1-6-16-59-20-43-40(53)21(3)46-56-15-10-8-9-14-29(47)45-44-28(7-2)41(54)18-24-32(27(19-41)58-30-17-25(42)35(48)22(4)57-30)39(52)34-33(37(24)50)36(49)23-12-11-13-26(55-5)31(23)38(34)51/h1,11-13,22,25,27,30,35,48,50,52,54H,7-10,14-20,42H2,2-5H3,(H,43,53)(H,45,47)/b44-28+,46-21+/t22-,25?,27-,30?,35?,41-/m0/s1. The number of fused-ring (bicyclic) bond motifs is 3. The fraction of sp³-hybridized carbons (Fsp3) is 0.512. The van der Waals surface area contributed by atoms with Gasteiger partial charge in [-0.25, -0.2) is 5.43 Å². The van der Waals surface area contributed by atoms with E-state index >= 15 is 0 Å². The van der Waals surface area contributed by atoms with Crippen LogP contribution in [0.1, 0.15) is 115 Å². The van der Waals surface area contributed by atoms with Gasteiger partial charge in [0.2, 0.25) is 11.7 Å². The number of thioether (sulfide) groups is 1. The predicted molar refractivity (Wildman–Crippen MR) is 217 cm³/mol. The molecular formula is C41H51N5O12S. The van der Waals surface area contributed by atoms with Gasteiger partial charge in [-0.15, -0.1) is 18.2 Å². The van der Waals surface area contributed by atoms with Crippen molar-refractivity contribution in [2.75, 3.05) is 25.3 Å². The summed E-state index contributed by atoms with van der Waals surface area (Å²) < 4.78 is 17.6. The lowest BCUT2D eigenvalue weighted by Gasteiger charge is -2.43. The Morgan fingerprint density at radius 1 is 1.14 bits per heavy atom. The van der Waals surface area contributed by atoms with E-state index in [2.05, 4.69) is 26.9 Å². The molecule has 0 radical (unpaired) electrons. The van der Waals surface area contributed by atoms with Gasteiger partial charge in [0.15, 0.2) is 12.1 Å². The van der Waals surface area contributed by atoms with Crippen LogP contribution in [-0.4, -0.2) is 111 Å². The molecule has 5 rings (SSSR count). The number of ether oxygens (including phenoxy) is 3. The maximum absolute atomic E-state index is 14.0. The van der Waals surface area contributed by atoms with Crippen LogP contribution < -0.4 is 21.2 Å². The van der Waals surface area contributed by atoms with Crippen molar-refractivity contribution in [2.45, 2.75) is 108 Å². The summed E-state index contributed by atoms with van der Waals surface area (Å²) in [5, 5.41) is 57.3. The number of carbonyl (C=O) groups is 4. The molecule has 318 valence electrons. The molecule has 1 aliphatic heterocycles. The Morgan fingerprint density at radius 3 is 2.58 bits per heavy atom. The quantitative estimate of drug-likeness (QED) is 0.0258. The Bertz CT molecular complexity index is 2040. The molecule has 1 fully saturated rings. The van der Waals surface area contributed by atoms with E-state index in [0.29, 0.717) is 30.9 Å². The van der Waals surface area contributed by atoms with E-state index in [1.165, 1.54) is 44.0 Å². The summed E-state index contributed by atoms with van der Waals surface area (Å²) in [6.07, 6.45) is 2.41. The number of terminal acetylenes is 1. The minimum absolute atomic E-state index is 0.0316. The van der Waals surface area contributed by atoms with Gasteiger partial charge in [-0.3, -0.25) is 19.2 Å². The number of hydrogen-bond donors (Lipinski definition) is 7. The van der Waals surface area contributed by atoms with Crippen LogP contribution in [0, 0.1) is 12.3 Å². The fourth-order valence-corrected chi connectivity index (χ4v) is 7.93. The average Bonchev–Trinajstić information content (AvgIpc) is 3.20. The van der Waals surface area contributed by atoms with Crippen LogP contribution in [0.4, 0.5) is 0 Å². The van der Waals surface area contributed by atoms with Crippen molar-refractivity contribution in [1.82, 2.24) is 10.7 Å². The van der Waals surface area contributed by atoms with Crippen LogP contribution in [-0.2, 0) is 30.3 Å². The summed E-state index contributed by atoms with van der Waals surface area (Å²) in [5.41, 5.74) is 5.98. The van der Waals surface area contributed by atoms with Crippen molar-refractivity contribution >= 4 is 46.6 Å². The molecule has 0 saturated carbocycles. The zero-order valence-corrected chi connectivity index (χ0v) is 34.2. The second kappa shape index (κ2) is 19.8. The number of methoxy groups -OCH3 is 1. The number of nitrogens with one attached hydrogen (secondary N) is 2. The van der Waals surface area contributed by atoms with E-state index in [4.69, 9.17) is 31.2 Å². The van der Waals surface area contributed by atoms with Crippen molar-refractivity contribution in [3.8, 4) is 29.6 Å². The van der Waals surface area contributed by atoms with Crippen LogP contribution in [0.2, 0.25) is 0 Å². The lowest BCUT2D eigenvalue weighted by Crippen LogP contribution is -2.52. The van der Waals surface area contributed by atoms with Crippen molar-refractivity contribution < 1.29 is 58.7 Å². The van der Waals surface area contributed by atoms with Gasteiger partial charge in [0.1, 0.15) is 35.2 Å². The molecule has 2 amide bonds. The Labute approximate surface area is 346 Å². The first-order chi connectivity index (χ1) is 28.2. The Balaban J connectivity index is 1.33. The highest BCUT2D eigenvalue weighted by molar-refractivity contribution is 7.99. The number of aromatic hydroxyl groups is 2. The molecule has 1 heterocycles. The Hall–Kier alpha value is -5.03. The number of benzene rings is 2. The minimum atomic E-state index is -1.91. The first-order valence-electron chi connectivity index (χ1n) is 19.3. The number of nitrogens with zero attached hydrogens (tertiary/aromatic N) is 2. The third kappa shape index (κ3) is 9.89. The summed E-state index contributed by atoms with van der Waals surface area (Å²) in [6, 6.07) is 3.71. The molecule has 59 heavy (non-hydrogen) atoms.